The molecule has 0 fully saturated rings. The van der Waals surface area contributed by atoms with Crippen molar-refractivity contribution >= 4 is 13.7 Å². The number of rotatable bonds is 37. The van der Waals surface area contributed by atoms with Crippen LogP contribution in [0.15, 0.2) is 48.6 Å². The van der Waals surface area contributed by atoms with Crippen LogP contribution < -0.4 is 5.32 Å². The second kappa shape index (κ2) is 34.9. The van der Waals surface area contributed by atoms with E-state index in [4.69, 9.17) is 9.05 Å². The third-order valence-electron chi connectivity index (χ3n) is 9.24. The highest BCUT2D eigenvalue weighted by atomic mass is 31.2. The van der Waals surface area contributed by atoms with Gasteiger partial charge in [-0.15, -0.1) is 0 Å². The van der Waals surface area contributed by atoms with Gasteiger partial charge >= 0.3 is 7.82 Å². The lowest BCUT2D eigenvalue weighted by Crippen LogP contribution is -2.46. The van der Waals surface area contributed by atoms with Crippen LogP contribution in [-0.2, 0) is 18.4 Å². The highest BCUT2D eigenvalue weighted by Gasteiger charge is 2.28. The van der Waals surface area contributed by atoms with Crippen LogP contribution in [0, 0.1) is 0 Å². The molecule has 0 aromatic heterocycles. The zero-order valence-electron chi connectivity index (χ0n) is 34.6. The summed E-state index contributed by atoms with van der Waals surface area (Å²) in [7, 11) is 1.55. The molecule has 0 bridgehead atoms. The highest BCUT2D eigenvalue weighted by Crippen LogP contribution is 2.43. The summed E-state index contributed by atoms with van der Waals surface area (Å²) in [6.45, 7) is 4.54. The number of aliphatic hydroxyl groups is 2. The van der Waals surface area contributed by atoms with E-state index >= 15 is 0 Å². The molecule has 10 heteroatoms. The Morgan fingerprint density at radius 3 is 1.68 bits per heavy atom. The number of allylic oxidation sites excluding steroid dienone is 8. The van der Waals surface area contributed by atoms with E-state index in [0.29, 0.717) is 23.9 Å². The Hall–Kier alpha value is -1.58. The van der Waals surface area contributed by atoms with Crippen LogP contribution >= 0.6 is 7.82 Å². The van der Waals surface area contributed by atoms with E-state index in [1.54, 1.807) is 0 Å². The van der Waals surface area contributed by atoms with Crippen LogP contribution in [0.25, 0.3) is 0 Å². The first-order chi connectivity index (χ1) is 25.4. The fraction of sp³-hybridized carbons (Fsp3) is 0.791. The van der Waals surface area contributed by atoms with E-state index in [9.17, 15) is 24.5 Å². The normalized spacial score (nSPS) is 15.5. The van der Waals surface area contributed by atoms with Crippen molar-refractivity contribution in [2.24, 2.45) is 0 Å². The lowest BCUT2D eigenvalue weighted by molar-refractivity contribution is -0.870. The molecule has 0 aliphatic heterocycles. The number of unbranched alkanes of at least 4 members (excludes halogenated alkanes) is 13. The first-order valence-electron chi connectivity index (χ1n) is 21.1. The number of likely N-dealkylation sites (N-methyl/N-ethyl adjacent to an activating group) is 1. The summed E-state index contributed by atoms with van der Waals surface area (Å²) >= 11 is 0. The van der Waals surface area contributed by atoms with Gasteiger partial charge in [-0.25, -0.2) is 4.57 Å². The third kappa shape index (κ3) is 37.1. The van der Waals surface area contributed by atoms with E-state index in [1.807, 2.05) is 28.1 Å². The van der Waals surface area contributed by atoms with E-state index in [2.05, 4.69) is 60.8 Å². The van der Waals surface area contributed by atoms with Gasteiger partial charge in [-0.1, -0.05) is 146 Å². The molecule has 0 aromatic rings. The molecule has 0 heterocycles. The molecule has 53 heavy (non-hydrogen) atoms. The standard InChI is InChI=1S/C43H81N2O7P/c1-6-8-9-10-11-12-13-16-20-23-26-29-32-35-42(47)41(39-52-53(49,50)51-38-37-45(3,4)5)44-43(48)36-33-30-27-24-21-18-15-14-17-19-22-25-28-31-34-40(46)7-2/h15,17-19,24-25,27-28,40-42,46-47H,6-14,16,20-23,26,29-39H2,1-5H3,(H-,44,48,49,50)/p+1/b18-15-,19-17-,27-24-,28-25-/t40-,41+,42-/m1/s1. The summed E-state index contributed by atoms with van der Waals surface area (Å²) in [5, 5.41) is 23.4. The van der Waals surface area contributed by atoms with Gasteiger partial charge in [0, 0.05) is 6.42 Å². The molecule has 0 radical (unpaired) electrons. The van der Waals surface area contributed by atoms with Crippen LogP contribution in [0.4, 0.5) is 0 Å². The summed E-state index contributed by atoms with van der Waals surface area (Å²) in [6.07, 6.45) is 39.4. The second-order valence-corrected chi connectivity index (χ2v) is 17.0. The molecule has 0 saturated carbocycles. The van der Waals surface area contributed by atoms with Crippen LogP contribution in [0.1, 0.15) is 162 Å². The first kappa shape index (κ1) is 51.4. The molecule has 1 unspecified atom stereocenters. The average Bonchev–Trinajstić information content (AvgIpc) is 3.10. The summed E-state index contributed by atoms with van der Waals surface area (Å²) in [6, 6.07) is -0.798. The Kier molecular flexibility index (Phi) is 33.8. The number of aliphatic hydroxyl groups excluding tert-OH is 2. The zero-order valence-corrected chi connectivity index (χ0v) is 35.5. The van der Waals surface area contributed by atoms with Gasteiger partial charge in [-0.2, -0.15) is 0 Å². The summed E-state index contributed by atoms with van der Waals surface area (Å²) < 4.78 is 23.5. The molecule has 310 valence electrons. The van der Waals surface area contributed by atoms with E-state index < -0.39 is 20.0 Å². The monoisotopic (exact) mass is 770 g/mol. The predicted molar refractivity (Wildman–Crippen MR) is 223 cm³/mol. The number of carbonyl (C=O) groups excluding carboxylic acids is 1. The van der Waals surface area contributed by atoms with Crippen LogP contribution in [0.5, 0.6) is 0 Å². The number of nitrogens with zero attached hydrogens (tertiary/aromatic N) is 1. The Labute approximate surface area is 325 Å². The molecule has 4 atom stereocenters. The minimum Gasteiger partial charge on any atom is -0.393 e. The Bertz CT molecular complexity index is 1020. The summed E-state index contributed by atoms with van der Waals surface area (Å²) in [5.41, 5.74) is 0. The molecule has 4 N–H and O–H groups in total. The molecular weight excluding hydrogens is 687 g/mol. The molecule has 0 aromatic carbocycles. The zero-order chi connectivity index (χ0) is 39.5. The van der Waals surface area contributed by atoms with Crippen molar-refractivity contribution in [1.29, 1.82) is 0 Å². The lowest BCUT2D eigenvalue weighted by Gasteiger charge is -2.26. The maximum absolute atomic E-state index is 12.8. The van der Waals surface area contributed by atoms with Crippen molar-refractivity contribution in [2.75, 3.05) is 40.9 Å². The second-order valence-electron chi connectivity index (χ2n) is 15.5. The topological polar surface area (TPSA) is 125 Å². The number of amides is 1. The van der Waals surface area contributed by atoms with Gasteiger partial charge < -0.3 is 24.9 Å². The van der Waals surface area contributed by atoms with Crippen LogP contribution in [0.2, 0.25) is 0 Å². The largest absolute Gasteiger partial charge is 0.472 e. The third-order valence-corrected chi connectivity index (χ3v) is 10.2. The van der Waals surface area contributed by atoms with Gasteiger partial charge in [0.2, 0.25) is 5.91 Å². The fourth-order valence-corrected chi connectivity index (χ4v) is 6.40. The number of hydrogen-bond acceptors (Lipinski definition) is 6. The summed E-state index contributed by atoms with van der Waals surface area (Å²) in [5.74, 6) is -0.213. The molecule has 1 amide bonds. The van der Waals surface area contributed by atoms with Crippen LogP contribution in [0.3, 0.4) is 0 Å². The fourth-order valence-electron chi connectivity index (χ4n) is 5.66. The maximum atomic E-state index is 12.8. The lowest BCUT2D eigenvalue weighted by atomic mass is 10.0. The Balaban J connectivity index is 4.53. The average molecular weight is 770 g/mol. The van der Waals surface area contributed by atoms with E-state index in [-0.39, 0.29) is 31.6 Å². The van der Waals surface area contributed by atoms with Gasteiger partial charge in [0.1, 0.15) is 13.2 Å². The van der Waals surface area contributed by atoms with Crippen molar-refractivity contribution in [3.8, 4) is 0 Å². The Morgan fingerprint density at radius 1 is 0.679 bits per heavy atom. The van der Waals surface area contributed by atoms with Gasteiger partial charge in [-0.05, 0) is 57.8 Å². The van der Waals surface area contributed by atoms with Crippen LogP contribution in [-0.4, -0.2) is 84.6 Å². The molecule has 0 rings (SSSR count). The molecule has 9 nitrogen and oxygen atoms in total. The molecular formula is C43H82N2O7P+. The minimum atomic E-state index is -4.33. The summed E-state index contributed by atoms with van der Waals surface area (Å²) in [4.78, 5) is 23.1. The van der Waals surface area contributed by atoms with Crippen molar-refractivity contribution in [1.82, 2.24) is 5.32 Å². The quantitative estimate of drug-likeness (QED) is 0.0215. The smallest absolute Gasteiger partial charge is 0.393 e. The molecule has 0 aliphatic carbocycles. The SMILES string of the molecule is CCCCCCCCCCCCCCC[C@@H](O)[C@H](COP(=O)(O)OCC[N+](C)(C)C)NC(=O)CCC/C=C\C/C=C\C/C=C\C/C=C\CC[C@H](O)CC. The Morgan fingerprint density at radius 2 is 1.17 bits per heavy atom. The minimum absolute atomic E-state index is 0.0564. The van der Waals surface area contributed by atoms with Gasteiger partial charge in [-0.3, -0.25) is 13.8 Å². The van der Waals surface area contributed by atoms with E-state index in [1.165, 1.54) is 64.2 Å². The number of nitrogens with one attached hydrogen (secondary N) is 1. The highest BCUT2D eigenvalue weighted by molar-refractivity contribution is 7.47. The van der Waals surface area contributed by atoms with Crippen molar-refractivity contribution < 1.29 is 38.0 Å². The maximum Gasteiger partial charge on any atom is 0.472 e. The van der Waals surface area contributed by atoms with Crippen molar-refractivity contribution in [3.63, 3.8) is 0 Å². The van der Waals surface area contributed by atoms with Gasteiger partial charge in [0.05, 0.1) is 46.0 Å². The molecule has 0 spiro atoms. The van der Waals surface area contributed by atoms with Crippen molar-refractivity contribution in [3.05, 3.63) is 48.6 Å². The number of carbonyl (C=O) groups is 1. The van der Waals surface area contributed by atoms with Gasteiger partial charge in [0.25, 0.3) is 0 Å². The van der Waals surface area contributed by atoms with E-state index in [0.717, 1.165) is 64.2 Å². The number of phosphoric acid groups is 1. The first-order valence-corrected chi connectivity index (χ1v) is 22.6. The molecule has 0 saturated heterocycles. The number of quaternary nitrogens is 1. The van der Waals surface area contributed by atoms with Crippen molar-refractivity contribution in [2.45, 2.75) is 180 Å². The number of phosphoric ester groups is 1. The predicted octanol–water partition coefficient (Wildman–Crippen LogP) is 10.3. The van der Waals surface area contributed by atoms with Gasteiger partial charge in [0.15, 0.2) is 0 Å². The molecule has 0 aliphatic rings. The number of hydrogen-bond donors (Lipinski definition) is 4.